The van der Waals surface area contributed by atoms with Crippen molar-refractivity contribution in [2.24, 2.45) is 7.05 Å². The molecule has 1 N–H and O–H groups in total. The van der Waals surface area contributed by atoms with Gasteiger partial charge in [-0.3, -0.25) is 4.79 Å². The minimum absolute atomic E-state index is 0.337. The van der Waals surface area contributed by atoms with Crippen LogP contribution in [0.4, 0.5) is 0 Å². The lowest BCUT2D eigenvalue weighted by atomic mass is 10.1. The molecule has 7 heteroatoms. The molecular weight excluding hydrogens is 387 g/mol. The van der Waals surface area contributed by atoms with Gasteiger partial charge in [0.05, 0.1) is 5.56 Å². The number of carbonyl (C=O) groups excluding carboxylic acids is 2. The molecule has 27 heavy (non-hydrogen) atoms. The Balaban J connectivity index is 1.50. The number of carbonyl (C=O) groups is 2. The fraction of sp³-hybridized carbons (Fsp3) is 0.200. The summed E-state index contributed by atoms with van der Waals surface area (Å²) in [6.45, 7) is 0.0441. The summed E-state index contributed by atoms with van der Waals surface area (Å²) in [7, 11) is 1.85. The van der Waals surface area contributed by atoms with Crippen LogP contribution in [0.15, 0.2) is 48.7 Å². The Labute approximate surface area is 166 Å². The lowest BCUT2D eigenvalue weighted by Crippen LogP contribution is -2.30. The molecular formula is C20H18Cl2N2O3. The van der Waals surface area contributed by atoms with Crippen molar-refractivity contribution >= 4 is 46.0 Å². The van der Waals surface area contributed by atoms with E-state index in [1.807, 2.05) is 41.9 Å². The van der Waals surface area contributed by atoms with Crippen molar-refractivity contribution in [3.05, 3.63) is 69.8 Å². The number of rotatable bonds is 6. The van der Waals surface area contributed by atoms with Gasteiger partial charge in [-0.25, -0.2) is 4.79 Å². The van der Waals surface area contributed by atoms with Gasteiger partial charge in [0.2, 0.25) is 0 Å². The predicted octanol–water partition coefficient (Wildman–Crippen LogP) is 4.00. The van der Waals surface area contributed by atoms with E-state index in [0.29, 0.717) is 28.6 Å². The number of aromatic nitrogens is 1. The smallest absolute Gasteiger partial charge is 0.340 e. The van der Waals surface area contributed by atoms with Gasteiger partial charge in [0, 0.05) is 40.7 Å². The first-order valence-electron chi connectivity index (χ1n) is 8.37. The number of benzene rings is 2. The molecule has 0 bridgehead atoms. The van der Waals surface area contributed by atoms with Crippen molar-refractivity contribution in [1.29, 1.82) is 0 Å². The standard InChI is InChI=1S/C20H18Cl2N2O3/c1-24-11-16(15-4-2-3-5-18(15)24)20(26)27-12-19(25)23-9-8-13-6-7-14(21)10-17(13)22/h2-7,10-11H,8-9,12H2,1H3,(H,23,25). The maximum absolute atomic E-state index is 12.3. The van der Waals surface area contributed by atoms with E-state index in [2.05, 4.69) is 5.32 Å². The van der Waals surface area contributed by atoms with Crippen molar-refractivity contribution in [3.63, 3.8) is 0 Å². The Morgan fingerprint density at radius 3 is 2.70 bits per heavy atom. The zero-order valence-electron chi connectivity index (χ0n) is 14.7. The molecule has 5 nitrogen and oxygen atoms in total. The molecule has 1 aromatic heterocycles. The van der Waals surface area contributed by atoms with Gasteiger partial charge >= 0.3 is 5.97 Å². The fourth-order valence-corrected chi connectivity index (χ4v) is 3.33. The number of amides is 1. The molecule has 0 atom stereocenters. The molecule has 0 spiro atoms. The quantitative estimate of drug-likeness (QED) is 0.631. The zero-order chi connectivity index (χ0) is 19.4. The summed E-state index contributed by atoms with van der Waals surface area (Å²) < 4.78 is 6.99. The molecule has 140 valence electrons. The first-order chi connectivity index (χ1) is 13.0. The number of halogens is 2. The molecule has 0 radical (unpaired) electrons. The van der Waals surface area contributed by atoms with Crippen LogP contribution in [0.2, 0.25) is 10.0 Å². The molecule has 2 aromatic carbocycles. The average Bonchev–Trinajstić information content (AvgIpc) is 2.99. The number of aryl methyl sites for hydroxylation is 1. The van der Waals surface area contributed by atoms with Crippen molar-refractivity contribution in [3.8, 4) is 0 Å². The van der Waals surface area contributed by atoms with Crippen LogP contribution in [0.5, 0.6) is 0 Å². The predicted molar refractivity (Wildman–Crippen MR) is 106 cm³/mol. The van der Waals surface area contributed by atoms with Crippen LogP contribution in [0.3, 0.4) is 0 Å². The number of hydrogen-bond donors (Lipinski definition) is 1. The molecule has 1 heterocycles. The number of esters is 1. The third-order valence-electron chi connectivity index (χ3n) is 4.18. The molecule has 0 fully saturated rings. The van der Waals surface area contributed by atoms with Gasteiger partial charge in [-0.1, -0.05) is 47.5 Å². The second-order valence-electron chi connectivity index (χ2n) is 6.08. The van der Waals surface area contributed by atoms with Gasteiger partial charge in [-0.2, -0.15) is 0 Å². The second-order valence-corrected chi connectivity index (χ2v) is 6.93. The largest absolute Gasteiger partial charge is 0.452 e. The fourth-order valence-electron chi connectivity index (χ4n) is 2.83. The van der Waals surface area contributed by atoms with Crippen LogP contribution >= 0.6 is 23.2 Å². The molecule has 3 rings (SSSR count). The third-order valence-corrected chi connectivity index (χ3v) is 4.77. The number of hydrogen-bond acceptors (Lipinski definition) is 3. The van der Waals surface area contributed by atoms with Crippen LogP contribution in [0.25, 0.3) is 10.9 Å². The van der Waals surface area contributed by atoms with Crippen molar-refractivity contribution in [1.82, 2.24) is 9.88 Å². The molecule has 0 saturated heterocycles. The van der Waals surface area contributed by atoms with Gasteiger partial charge in [-0.05, 0) is 30.2 Å². The number of nitrogens with zero attached hydrogens (tertiary/aromatic N) is 1. The number of fused-ring (bicyclic) bond motifs is 1. The second kappa shape index (κ2) is 8.46. The van der Waals surface area contributed by atoms with Gasteiger partial charge in [0.15, 0.2) is 6.61 Å². The summed E-state index contributed by atoms with van der Waals surface area (Å²) in [5, 5.41) is 4.62. The summed E-state index contributed by atoms with van der Waals surface area (Å²) in [5.74, 6) is -0.892. The Hall–Kier alpha value is -2.50. The Kier molecular flexibility index (Phi) is 6.04. The van der Waals surface area contributed by atoms with E-state index in [1.54, 1.807) is 18.3 Å². The minimum atomic E-state index is -0.525. The van der Waals surface area contributed by atoms with Crippen LogP contribution in [0, 0.1) is 0 Å². The molecule has 1 amide bonds. The SMILES string of the molecule is Cn1cc(C(=O)OCC(=O)NCCc2ccc(Cl)cc2Cl)c2ccccc21. The minimum Gasteiger partial charge on any atom is -0.452 e. The lowest BCUT2D eigenvalue weighted by Gasteiger charge is -2.08. The molecule has 0 aliphatic carbocycles. The van der Waals surface area contributed by atoms with E-state index in [9.17, 15) is 9.59 Å². The van der Waals surface area contributed by atoms with E-state index < -0.39 is 5.97 Å². The summed E-state index contributed by atoms with van der Waals surface area (Å²) in [4.78, 5) is 24.2. The van der Waals surface area contributed by atoms with Crippen molar-refractivity contribution in [2.45, 2.75) is 6.42 Å². The summed E-state index contributed by atoms with van der Waals surface area (Å²) in [5.41, 5.74) is 2.25. The number of para-hydroxylation sites is 1. The summed E-state index contributed by atoms with van der Waals surface area (Å²) in [6.07, 6.45) is 2.26. The topological polar surface area (TPSA) is 60.3 Å². The summed E-state index contributed by atoms with van der Waals surface area (Å²) >= 11 is 12.0. The maximum atomic E-state index is 12.3. The van der Waals surface area contributed by atoms with Gasteiger partial charge in [-0.15, -0.1) is 0 Å². The molecule has 0 aliphatic rings. The first-order valence-corrected chi connectivity index (χ1v) is 9.13. The monoisotopic (exact) mass is 404 g/mol. The lowest BCUT2D eigenvalue weighted by molar-refractivity contribution is -0.124. The zero-order valence-corrected chi connectivity index (χ0v) is 16.2. The highest BCUT2D eigenvalue weighted by Gasteiger charge is 2.16. The van der Waals surface area contributed by atoms with Crippen molar-refractivity contribution in [2.75, 3.05) is 13.2 Å². The van der Waals surface area contributed by atoms with E-state index in [0.717, 1.165) is 16.5 Å². The number of ether oxygens (including phenoxy) is 1. The van der Waals surface area contributed by atoms with Crippen LogP contribution < -0.4 is 5.32 Å². The highest BCUT2D eigenvalue weighted by Crippen LogP contribution is 2.22. The number of nitrogens with one attached hydrogen (secondary N) is 1. The Morgan fingerprint density at radius 1 is 1.15 bits per heavy atom. The van der Waals surface area contributed by atoms with E-state index in [4.69, 9.17) is 27.9 Å². The van der Waals surface area contributed by atoms with Crippen LogP contribution in [0.1, 0.15) is 15.9 Å². The molecule has 0 unspecified atom stereocenters. The molecule has 0 saturated carbocycles. The van der Waals surface area contributed by atoms with Crippen molar-refractivity contribution < 1.29 is 14.3 Å². The van der Waals surface area contributed by atoms with E-state index in [1.165, 1.54) is 0 Å². The summed E-state index contributed by atoms with van der Waals surface area (Å²) in [6, 6.07) is 12.7. The maximum Gasteiger partial charge on any atom is 0.340 e. The first kappa shape index (κ1) is 19.3. The van der Waals surface area contributed by atoms with Gasteiger partial charge in [0.1, 0.15) is 0 Å². The average molecular weight is 405 g/mol. The van der Waals surface area contributed by atoms with Crippen LogP contribution in [-0.2, 0) is 23.0 Å². The van der Waals surface area contributed by atoms with Crippen LogP contribution in [-0.4, -0.2) is 29.6 Å². The Morgan fingerprint density at radius 2 is 1.93 bits per heavy atom. The third kappa shape index (κ3) is 4.62. The van der Waals surface area contributed by atoms with E-state index in [-0.39, 0.29) is 12.5 Å². The Bertz CT molecular complexity index is 998. The van der Waals surface area contributed by atoms with Gasteiger partial charge < -0.3 is 14.6 Å². The normalized spacial score (nSPS) is 10.8. The highest BCUT2D eigenvalue weighted by molar-refractivity contribution is 6.35. The highest BCUT2D eigenvalue weighted by atomic mass is 35.5. The van der Waals surface area contributed by atoms with Gasteiger partial charge in [0.25, 0.3) is 5.91 Å². The molecule has 3 aromatic rings. The molecule has 0 aliphatic heterocycles. The van der Waals surface area contributed by atoms with E-state index >= 15 is 0 Å².